The van der Waals surface area contributed by atoms with Crippen LogP contribution in [0.4, 0.5) is 18.9 Å². The fraction of sp³-hybridized carbons (Fsp3) is 0.350. The summed E-state index contributed by atoms with van der Waals surface area (Å²) in [6, 6.07) is 15.7. The Balaban J connectivity index is 1.87. The summed E-state index contributed by atoms with van der Waals surface area (Å²) in [7, 11) is 0. The van der Waals surface area contributed by atoms with E-state index in [9.17, 15) is 13.2 Å². The molecule has 0 aromatic heterocycles. The molecule has 0 amide bonds. The first-order valence-electron chi connectivity index (χ1n) is 8.50. The molecular weight excluding hydrogens is 341 g/mol. The molecule has 0 aliphatic carbocycles. The minimum atomic E-state index is -4.52. The SMILES string of the molecule is N#CC1CCN(c2cccc(OCc3ccccc3)c2C(F)(F)F)CC1. The Bertz CT molecular complexity index is 776. The van der Waals surface area contributed by atoms with Crippen molar-refractivity contribution in [2.75, 3.05) is 18.0 Å². The number of halogens is 3. The average Bonchev–Trinajstić information content (AvgIpc) is 2.66. The molecule has 26 heavy (non-hydrogen) atoms. The van der Waals surface area contributed by atoms with Crippen molar-refractivity contribution in [2.24, 2.45) is 5.92 Å². The van der Waals surface area contributed by atoms with E-state index in [0.29, 0.717) is 25.9 Å². The van der Waals surface area contributed by atoms with Gasteiger partial charge in [-0.25, -0.2) is 0 Å². The van der Waals surface area contributed by atoms with E-state index in [2.05, 4.69) is 6.07 Å². The van der Waals surface area contributed by atoms with Crippen LogP contribution in [0.2, 0.25) is 0 Å². The second kappa shape index (κ2) is 7.69. The maximum Gasteiger partial charge on any atom is 0.421 e. The number of nitrogens with zero attached hydrogens (tertiary/aromatic N) is 2. The topological polar surface area (TPSA) is 36.3 Å². The first-order valence-corrected chi connectivity index (χ1v) is 8.50. The first kappa shape index (κ1) is 18.1. The summed E-state index contributed by atoms with van der Waals surface area (Å²) in [6.45, 7) is 0.941. The van der Waals surface area contributed by atoms with Crippen LogP contribution in [0.1, 0.15) is 24.0 Å². The number of rotatable bonds is 4. The number of ether oxygens (including phenoxy) is 1. The molecule has 1 heterocycles. The van der Waals surface area contributed by atoms with Crippen LogP contribution in [0.5, 0.6) is 5.75 Å². The number of anilines is 1. The monoisotopic (exact) mass is 360 g/mol. The molecule has 2 aromatic carbocycles. The summed E-state index contributed by atoms with van der Waals surface area (Å²) in [6.07, 6.45) is -3.37. The zero-order chi connectivity index (χ0) is 18.6. The molecule has 1 saturated heterocycles. The lowest BCUT2D eigenvalue weighted by Crippen LogP contribution is -2.34. The standard InChI is InChI=1S/C20H19F3N2O/c21-20(22,23)19-17(25-11-9-15(13-24)10-12-25)7-4-8-18(19)26-14-16-5-2-1-3-6-16/h1-8,15H,9-12,14H2. The van der Waals surface area contributed by atoms with E-state index in [0.717, 1.165) is 5.56 Å². The van der Waals surface area contributed by atoms with Crippen LogP contribution in [0.3, 0.4) is 0 Å². The third-order valence-corrected chi connectivity index (χ3v) is 4.54. The van der Waals surface area contributed by atoms with E-state index in [1.807, 2.05) is 30.3 Å². The van der Waals surface area contributed by atoms with Crippen molar-refractivity contribution in [3.05, 3.63) is 59.7 Å². The van der Waals surface area contributed by atoms with Gasteiger partial charge in [-0.1, -0.05) is 36.4 Å². The second-order valence-corrected chi connectivity index (χ2v) is 6.31. The lowest BCUT2D eigenvalue weighted by molar-refractivity contribution is -0.138. The van der Waals surface area contributed by atoms with Gasteiger partial charge in [0.15, 0.2) is 0 Å². The Morgan fingerprint density at radius 1 is 1.04 bits per heavy atom. The zero-order valence-electron chi connectivity index (χ0n) is 14.2. The quantitative estimate of drug-likeness (QED) is 0.768. The van der Waals surface area contributed by atoms with Crippen molar-refractivity contribution in [3.63, 3.8) is 0 Å². The fourth-order valence-corrected chi connectivity index (χ4v) is 3.17. The molecule has 0 bridgehead atoms. The molecule has 0 spiro atoms. The normalized spacial score (nSPS) is 15.5. The molecule has 0 saturated carbocycles. The van der Waals surface area contributed by atoms with Gasteiger partial charge in [-0.3, -0.25) is 0 Å². The maximum absolute atomic E-state index is 13.8. The minimum Gasteiger partial charge on any atom is -0.488 e. The molecule has 6 heteroatoms. The van der Waals surface area contributed by atoms with E-state index in [1.54, 1.807) is 11.0 Å². The van der Waals surface area contributed by atoms with Crippen molar-refractivity contribution in [2.45, 2.75) is 25.6 Å². The molecular formula is C20H19F3N2O. The van der Waals surface area contributed by atoms with Gasteiger partial charge in [-0.2, -0.15) is 18.4 Å². The van der Waals surface area contributed by atoms with E-state index >= 15 is 0 Å². The predicted octanol–water partition coefficient (Wildman–Crippen LogP) is 5.02. The Hall–Kier alpha value is -2.68. The Morgan fingerprint density at radius 3 is 2.35 bits per heavy atom. The largest absolute Gasteiger partial charge is 0.488 e. The number of hydrogen-bond donors (Lipinski definition) is 0. The van der Waals surface area contributed by atoms with Crippen LogP contribution >= 0.6 is 0 Å². The average molecular weight is 360 g/mol. The second-order valence-electron chi connectivity index (χ2n) is 6.31. The van der Waals surface area contributed by atoms with Crippen LogP contribution in [-0.4, -0.2) is 13.1 Å². The molecule has 1 fully saturated rings. The van der Waals surface area contributed by atoms with Crippen LogP contribution in [0.15, 0.2) is 48.5 Å². The molecule has 3 nitrogen and oxygen atoms in total. The zero-order valence-corrected chi connectivity index (χ0v) is 14.2. The Kier molecular flexibility index (Phi) is 5.36. The molecule has 1 aliphatic heterocycles. The van der Waals surface area contributed by atoms with Crippen LogP contribution in [0.25, 0.3) is 0 Å². The minimum absolute atomic E-state index is 0.0733. The van der Waals surface area contributed by atoms with Crippen molar-refractivity contribution < 1.29 is 17.9 Å². The lowest BCUT2D eigenvalue weighted by Gasteiger charge is -2.33. The van der Waals surface area contributed by atoms with Crippen molar-refractivity contribution in [1.82, 2.24) is 0 Å². The molecule has 3 rings (SSSR count). The summed E-state index contributed by atoms with van der Waals surface area (Å²) in [5.41, 5.74) is 0.187. The van der Waals surface area contributed by atoms with E-state index in [-0.39, 0.29) is 24.0 Å². The molecule has 1 aliphatic rings. The van der Waals surface area contributed by atoms with E-state index in [4.69, 9.17) is 10.00 Å². The molecule has 0 unspecified atom stereocenters. The predicted molar refractivity (Wildman–Crippen MR) is 92.8 cm³/mol. The highest BCUT2D eigenvalue weighted by atomic mass is 19.4. The third kappa shape index (κ3) is 4.10. The highest BCUT2D eigenvalue weighted by Crippen LogP contribution is 2.43. The van der Waals surface area contributed by atoms with Gasteiger partial charge in [-0.05, 0) is 30.5 Å². The Labute approximate surface area is 150 Å². The fourth-order valence-electron chi connectivity index (χ4n) is 3.17. The maximum atomic E-state index is 13.8. The van der Waals surface area contributed by atoms with E-state index < -0.39 is 11.7 Å². The van der Waals surface area contributed by atoms with Crippen molar-refractivity contribution in [1.29, 1.82) is 5.26 Å². The van der Waals surface area contributed by atoms with Crippen molar-refractivity contribution >= 4 is 5.69 Å². The number of hydrogen-bond acceptors (Lipinski definition) is 3. The van der Waals surface area contributed by atoms with Crippen LogP contribution < -0.4 is 9.64 Å². The van der Waals surface area contributed by atoms with Gasteiger partial charge < -0.3 is 9.64 Å². The van der Waals surface area contributed by atoms with Crippen LogP contribution in [-0.2, 0) is 12.8 Å². The summed E-state index contributed by atoms with van der Waals surface area (Å²) < 4.78 is 46.8. The number of nitriles is 1. The smallest absolute Gasteiger partial charge is 0.421 e. The van der Waals surface area contributed by atoms with Gasteiger partial charge in [0, 0.05) is 19.0 Å². The number of piperidine rings is 1. The highest BCUT2D eigenvalue weighted by Gasteiger charge is 2.39. The number of alkyl halides is 3. The Morgan fingerprint density at radius 2 is 1.73 bits per heavy atom. The summed E-state index contributed by atoms with van der Waals surface area (Å²) in [4.78, 5) is 1.70. The molecule has 0 atom stereocenters. The molecule has 0 radical (unpaired) electrons. The van der Waals surface area contributed by atoms with Gasteiger partial charge in [0.2, 0.25) is 0 Å². The first-order chi connectivity index (χ1) is 12.5. The van der Waals surface area contributed by atoms with Crippen LogP contribution in [0, 0.1) is 17.2 Å². The van der Waals surface area contributed by atoms with Gasteiger partial charge in [0.25, 0.3) is 0 Å². The molecule has 0 N–H and O–H groups in total. The summed E-state index contributed by atoms with van der Waals surface area (Å²) in [5, 5.41) is 8.99. The van der Waals surface area contributed by atoms with Gasteiger partial charge >= 0.3 is 6.18 Å². The summed E-state index contributed by atoms with van der Waals surface area (Å²) in [5.74, 6) is -0.251. The molecule has 2 aromatic rings. The van der Waals surface area contributed by atoms with Crippen molar-refractivity contribution in [3.8, 4) is 11.8 Å². The van der Waals surface area contributed by atoms with Gasteiger partial charge in [0.05, 0.1) is 11.8 Å². The highest BCUT2D eigenvalue weighted by molar-refractivity contribution is 5.61. The van der Waals surface area contributed by atoms with E-state index in [1.165, 1.54) is 12.1 Å². The van der Waals surface area contributed by atoms with Gasteiger partial charge in [0.1, 0.15) is 17.9 Å². The van der Waals surface area contributed by atoms with Gasteiger partial charge in [-0.15, -0.1) is 0 Å². The third-order valence-electron chi connectivity index (χ3n) is 4.54. The lowest BCUT2D eigenvalue weighted by atomic mass is 9.97. The molecule has 136 valence electrons. The summed E-state index contributed by atoms with van der Waals surface area (Å²) >= 11 is 0. The number of benzene rings is 2.